The molecule has 1 aromatic rings. The lowest BCUT2D eigenvalue weighted by atomic mass is 9.83. The summed E-state index contributed by atoms with van der Waals surface area (Å²) in [5, 5.41) is 0. The van der Waals surface area contributed by atoms with Crippen molar-refractivity contribution >= 4 is 0 Å². The molecule has 0 aliphatic rings. The molecule has 0 saturated heterocycles. The first-order valence-corrected chi connectivity index (χ1v) is 5.85. The Bertz CT molecular complexity index is 369. The van der Waals surface area contributed by atoms with Gasteiger partial charge in [0.2, 0.25) is 0 Å². The summed E-state index contributed by atoms with van der Waals surface area (Å²) >= 11 is 0. The van der Waals surface area contributed by atoms with E-state index in [1.165, 1.54) is 0 Å². The third kappa shape index (κ3) is 3.63. The van der Waals surface area contributed by atoms with Crippen molar-refractivity contribution in [2.24, 2.45) is 11.1 Å². The minimum absolute atomic E-state index is 0.0775. The molecule has 0 saturated carbocycles. The molecule has 0 radical (unpaired) electrons. The SMILES string of the molecule is COc1ccc(OC)c(CC(N)C(C)(C)C)c1. The first-order chi connectivity index (χ1) is 7.88. The van der Waals surface area contributed by atoms with Crippen molar-refractivity contribution in [1.82, 2.24) is 0 Å². The van der Waals surface area contributed by atoms with Gasteiger partial charge in [-0.25, -0.2) is 0 Å². The Morgan fingerprint density at radius 2 is 1.82 bits per heavy atom. The van der Waals surface area contributed by atoms with E-state index in [1.54, 1.807) is 14.2 Å². The van der Waals surface area contributed by atoms with Crippen LogP contribution in [0.2, 0.25) is 0 Å². The fourth-order valence-electron chi connectivity index (χ4n) is 1.58. The zero-order chi connectivity index (χ0) is 13.1. The topological polar surface area (TPSA) is 44.5 Å². The Balaban J connectivity index is 2.95. The Morgan fingerprint density at radius 1 is 1.18 bits per heavy atom. The maximum absolute atomic E-state index is 6.20. The molecular weight excluding hydrogens is 214 g/mol. The van der Waals surface area contributed by atoms with Gasteiger partial charge in [0.1, 0.15) is 11.5 Å². The van der Waals surface area contributed by atoms with Crippen molar-refractivity contribution in [3.05, 3.63) is 23.8 Å². The van der Waals surface area contributed by atoms with E-state index in [-0.39, 0.29) is 11.5 Å². The lowest BCUT2D eigenvalue weighted by molar-refractivity contribution is 0.314. The van der Waals surface area contributed by atoms with Crippen LogP contribution in [0.3, 0.4) is 0 Å². The Kier molecular flexibility index (Phi) is 4.40. The Hall–Kier alpha value is -1.22. The summed E-state index contributed by atoms with van der Waals surface area (Å²) in [5.74, 6) is 1.70. The average Bonchev–Trinajstić information content (AvgIpc) is 2.27. The van der Waals surface area contributed by atoms with Gasteiger partial charge in [-0.05, 0) is 35.6 Å². The van der Waals surface area contributed by atoms with Crippen molar-refractivity contribution in [2.75, 3.05) is 14.2 Å². The van der Waals surface area contributed by atoms with E-state index in [1.807, 2.05) is 18.2 Å². The summed E-state index contributed by atoms with van der Waals surface area (Å²) in [4.78, 5) is 0. The van der Waals surface area contributed by atoms with E-state index in [4.69, 9.17) is 15.2 Å². The van der Waals surface area contributed by atoms with E-state index in [9.17, 15) is 0 Å². The van der Waals surface area contributed by atoms with Crippen LogP contribution in [0.5, 0.6) is 11.5 Å². The van der Waals surface area contributed by atoms with Gasteiger partial charge in [0.05, 0.1) is 14.2 Å². The third-order valence-electron chi connectivity index (χ3n) is 3.04. The van der Waals surface area contributed by atoms with Crippen LogP contribution < -0.4 is 15.2 Å². The molecule has 0 bridgehead atoms. The number of methoxy groups -OCH3 is 2. The number of benzene rings is 1. The highest BCUT2D eigenvalue weighted by atomic mass is 16.5. The fraction of sp³-hybridized carbons (Fsp3) is 0.571. The van der Waals surface area contributed by atoms with Crippen LogP contribution in [0.4, 0.5) is 0 Å². The van der Waals surface area contributed by atoms with Gasteiger partial charge in [0.25, 0.3) is 0 Å². The summed E-state index contributed by atoms with van der Waals surface area (Å²) in [7, 11) is 3.34. The van der Waals surface area contributed by atoms with Crippen LogP contribution in [0.15, 0.2) is 18.2 Å². The molecule has 0 aliphatic carbocycles. The van der Waals surface area contributed by atoms with E-state index < -0.39 is 0 Å². The molecule has 0 spiro atoms. The largest absolute Gasteiger partial charge is 0.497 e. The smallest absolute Gasteiger partial charge is 0.122 e. The number of rotatable bonds is 4. The highest BCUT2D eigenvalue weighted by Crippen LogP contribution is 2.28. The van der Waals surface area contributed by atoms with Crippen LogP contribution in [-0.4, -0.2) is 20.3 Å². The second-order valence-corrected chi connectivity index (χ2v) is 5.35. The monoisotopic (exact) mass is 237 g/mol. The molecule has 3 heteroatoms. The summed E-state index contributed by atoms with van der Waals surface area (Å²) < 4.78 is 10.6. The van der Waals surface area contributed by atoms with Crippen molar-refractivity contribution in [2.45, 2.75) is 33.2 Å². The van der Waals surface area contributed by atoms with E-state index in [0.717, 1.165) is 23.5 Å². The molecule has 0 aromatic heterocycles. The molecule has 1 aromatic carbocycles. The second-order valence-electron chi connectivity index (χ2n) is 5.35. The van der Waals surface area contributed by atoms with Gasteiger partial charge in [-0.2, -0.15) is 0 Å². The molecule has 2 N–H and O–H groups in total. The van der Waals surface area contributed by atoms with Gasteiger partial charge < -0.3 is 15.2 Å². The lowest BCUT2D eigenvalue weighted by Gasteiger charge is -2.27. The van der Waals surface area contributed by atoms with Gasteiger partial charge in [-0.3, -0.25) is 0 Å². The molecule has 0 aliphatic heterocycles. The Labute approximate surface area is 104 Å². The molecule has 1 atom stereocenters. The quantitative estimate of drug-likeness (QED) is 0.875. The molecule has 0 fully saturated rings. The van der Waals surface area contributed by atoms with Crippen molar-refractivity contribution in [1.29, 1.82) is 0 Å². The third-order valence-corrected chi connectivity index (χ3v) is 3.04. The standard InChI is InChI=1S/C14H23NO2/c1-14(2,3)13(15)9-10-8-11(16-4)6-7-12(10)17-5/h6-8,13H,9,15H2,1-5H3. The average molecular weight is 237 g/mol. The minimum atomic E-state index is 0.0775. The van der Waals surface area contributed by atoms with Crippen LogP contribution in [0.1, 0.15) is 26.3 Å². The molecule has 17 heavy (non-hydrogen) atoms. The van der Waals surface area contributed by atoms with Crippen LogP contribution in [0.25, 0.3) is 0 Å². The number of hydrogen-bond donors (Lipinski definition) is 1. The normalized spacial score (nSPS) is 13.3. The van der Waals surface area contributed by atoms with Gasteiger partial charge in [0, 0.05) is 6.04 Å². The first kappa shape index (κ1) is 13.8. The zero-order valence-electron chi connectivity index (χ0n) is 11.4. The molecule has 1 rings (SSSR count). The molecule has 0 heterocycles. The molecule has 96 valence electrons. The van der Waals surface area contributed by atoms with Gasteiger partial charge >= 0.3 is 0 Å². The van der Waals surface area contributed by atoms with Crippen molar-refractivity contribution in [3.8, 4) is 11.5 Å². The zero-order valence-corrected chi connectivity index (χ0v) is 11.4. The van der Waals surface area contributed by atoms with E-state index >= 15 is 0 Å². The van der Waals surface area contributed by atoms with Crippen LogP contribution in [0, 0.1) is 5.41 Å². The van der Waals surface area contributed by atoms with Crippen LogP contribution in [-0.2, 0) is 6.42 Å². The number of ether oxygens (including phenoxy) is 2. The van der Waals surface area contributed by atoms with Crippen molar-refractivity contribution in [3.63, 3.8) is 0 Å². The number of nitrogens with two attached hydrogens (primary N) is 1. The highest BCUT2D eigenvalue weighted by molar-refractivity contribution is 5.40. The lowest BCUT2D eigenvalue weighted by Crippen LogP contribution is -2.36. The first-order valence-electron chi connectivity index (χ1n) is 5.85. The van der Waals surface area contributed by atoms with Crippen LogP contribution >= 0.6 is 0 Å². The van der Waals surface area contributed by atoms with Gasteiger partial charge in [-0.15, -0.1) is 0 Å². The number of hydrogen-bond acceptors (Lipinski definition) is 3. The summed E-state index contributed by atoms with van der Waals surface area (Å²) in [5.41, 5.74) is 7.37. The van der Waals surface area contributed by atoms with Gasteiger partial charge in [-0.1, -0.05) is 20.8 Å². The summed E-state index contributed by atoms with van der Waals surface area (Å²) in [6.07, 6.45) is 0.782. The minimum Gasteiger partial charge on any atom is -0.497 e. The van der Waals surface area contributed by atoms with Crippen molar-refractivity contribution < 1.29 is 9.47 Å². The summed E-state index contributed by atoms with van der Waals surface area (Å²) in [6, 6.07) is 5.89. The van der Waals surface area contributed by atoms with E-state index in [2.05, 4.69) is 20.8 Å². The maximum Gasteiger partial charge on any atom is 0.122 e. The maximum atomic E-state index is 6.20. The second kappa shape index (κ2) is 5.41. The molecule has 0 amide bonds. The predicted octanol–water partition coefficient (Wildman–Crippen LogP) is 2.62. The molecule has 3 nitrogen and oxygen atoms in total. The van der Waals surface area contributed by atoms with Gasteiger partial charge in [0.15, 0.2) is 0 Å². The molecular formula is C14H23NO2. The fourth-order valence-corrected chi connectivity index (χ4v) is 1.58. The predicted molar refractivity (Wildman–Crippen MR) is 70.7 cm³/mol. The highest BCUT2D eigenvalue weighted by Gasteiger charge is 2.22. The summed E-state index contributed by atoms with van der Waals surface area (Å²) in [6.45, 7) is 6.43. The Morgan fingerprint density at radius 3 is 2.29 bits per heavy atom. The molecule has 1 unspecified atom stereocenters. The van der Waals surface area contributed by atoms with E-state index in [0.29, 0.717) is 0 Å².